The van der Waals surface area contributed by atoms with Gasteiger partial charge in [-0.25, -0.2) is 30.3 Å². The number of nitrogens with zero attached hydrogens (tertiary/aromatic N) is 5. The van der Waals surface area contributed by atoms with Crippen molar-refractivity contribution >= 4 is 84.1 Å². The number of imide groups is 2. The van der Waals surface area contributed by atoms with Crippen LogP contribution in [0.3, 0.4) is 0 Å². The third kappa shape index (κ3) is 16.3. The minimum Gasteiger partial charge on any atom is -0.384 e. The first kappa shape index (κ1) is 67.2. The molecular formula is C63H74F5N9O10S3. The average molecular weight is 1310 g/mol. The number of nitrogens with one attached hydrogen (secondary N) is 4. The number of carbonyl (C=O) groups is 6. The fourth-order valence-corrected chi connectivity index (χ4v) is 14.9. The number of alkyl halides is 5. The summed E-state index contributed by atoms with van der Waals surface area (Å²) in [6, 6.07) is 20.4. The Morgan fingerprint density at radius 3 is 2.18 bits per heavy atom. The standard InChI is InChI=1S/C63H74F5N9O10S3/c1-41(14-22-54(64)65)49-38-62(2,3)26-24-43(49)39-74-31-33-75(34-32-74)45-17-15-42(16-18-45)58(80)72-90(86,87)47-19-20-50(53(37-47)89(84,85)63(66,67)68)70-44(40-88-46-9-5-4-6-10-46)25-28-73-29-35-76(36-30-73)56(79)13-8-27-69-51-12-7-11-48-57(51)61(83)77(60(48)82)52-21-23-55(78)71-59(52)81/h4-7,9-12,15-20,37,44,52,54,69-70H,1,8,13-14,21-36,38-40H2,2-3H3,(H,72,80)(H,71,78,81)/t44-,52?/m1/s1. The molecule has 4 heterocycles. The van der Waals surface area contributed by atoms with Crippen molar-refractivity contribution in [1.29, 1.82) is 0 Å². The molecule has 19 nitrogen and oxygen atoms in total. The van der Waals surface area contributed by atoms with E-state index in [0.29, 0.717) is 83.6 Å². The number of piperidine rings is 1. The number of benzene rings is 4. The molecule has 4 N–H and O–H groups in total. The molecule has 0 spiro atoms. The van der Waals surface area contributed by atoms with E-state index in [1.54, 1.807) is 29.2 Å². The molecule has 1 aliphatic carbocycles. The van der Waals surface area contributed by atoms with Crippen molar-refractivity contribution in [2.75, 3.05) is 93.3 Å². The molecule has 0 saturated carbocycles. The minimum absolute atomic E-state index is 0.0152. The van der Waals surface area contributed by atoms with E-state index in [2.05, 4.69) is 51.1 Å². The van der Waals surface area contributed by atoms with Gasteiger partial charge in [-0.2, -0.15) is 13.2 Å². The second kappa shape index (κ2) is 28.5. The number of anilines is 3. The summed E-state index contributed by atoms with van der Waals surface area (Å²) >= 11 is 1.37. The number of sulfone groups is 1. The Morgan fingerprint density at radius 1 is 0.800 bits per heavy atom. The number of halogens is 5. The molecule has 90 heavy (non-hydrogen) atoms. The molecule has 3 fully saturated rings. The lowest BCUT2D eigenvalue weighted by Crippen LogP contribution is -2.54. The summed E-state index contributed by atoms with van der Waals surface area (Å²) in [5, 5.41) is 8.30. The molecule has 0 bridgehead atoms. The van der Waals surface area contributed by atoms with E-state index in [9.17, 15) is 67.6 Å². The summed E-state index contributed by atoms with van der Waals surface area (Å²) < 4.78 is 126. The van der Waals surface area contributed by atoms with Gasteiger partial charge >= 0.3 is 5.51 Å². The van der Waals surface area contributed by atoms with Crippen LogP contribution in [0.15, 0.2) is 129 Å². The van der Waals surface area contributed by atoms with Gasteiger partial charge in [-0.1, -0.05) is 55.8 Å². The molecule has 5 aliphatic rings. The molecule has 0 radical (unpaired) electrons. The van der Waals surface area contributed by atoms with Gasteiger partial charge in [0, 0.05) is 125 Å². The number of sulfonamides is 1. The lowest BCUT2D eigenvalue weighted by atomic mass is 9.72. The molecule has 9 rings (SSSR count). The van der Waals surface area contributed by atoms with Gasteiger partial charge < -0.3 is 20.4 Å². The zero-order valence-corrected chi connectivity index (χ0v) is 52.5. The topological polar surface area (TPSA) is 235 Å². The largest absolute Gasteiger partial charge is 0.501 e. The maximum absolute atomic E-state index is 14.5. The highest BCUT2D eigenvalue weighted by molar-refractivity contribution is 7.99. The Balaban J connectivity index is 0.791. The number of piperazine rings is 2. The Bertz CT molecular complexity index is 3630. The van der Waals surface area contributed by atoms with E-state index in [1.165, 1.54) is 35.5 Å². The van der Waals surface area contributed by atoms with Crippen LogP contribution < -0.4 is 25.6 Å². The summed E-state index contributed by atoms with van der Waals surface area (Å²) in [5.41, 5.74) is -1.93. The van der Waals surface area contributed by atoms with Gasteiger partial charge in [-0.3, -0.25) is 48.8 Å². The van der Waals surface area contributed by atoms with Crippen LogP contribution in [0.4, 0.5) is 39.0 Å². The summed E-state index contributed by atoms with van der Waals surface area (Å²) in [6.45, 7) is 14.2. The van der Waals surface area contributed by atoms with Crippen LogP contribution in [0.2, 0.25) is 0 Å². The lowest BCUT2D eigenvalue weighted by molar-refractivity contribution is -0.136. The molecule has 6 amide bonds. The summed E-state index contributed by atoms with van der Waals surface area (Å²) in [7, 11) is -11.2. The van der Waals surface area contributed by atoms with Crippen molar-refractivity contribution in [3.63, 3.8) is 0 Å². The van der Waals surface area contributed by atoms with Gasteiger partial charge in [0.15, 0.2) is 0 Å². The average Bonchev–Trinajstić information content (AvgIpc) is 1.47. The fourth-order valence-electron chi connectivity index (χ4n) is 11.9. The zero-order chi connectivity index (χ0) is 64.7. The van der Waals surface area contributed by atoms with Crippen molar-refractivity contribution in [3.8, 4) is 0 Å². The van der Waals surface area contributed by atoms with Crippen LogP contribution in [0.25, 0.3) is 0 Å². The van der Waals surface area contributed by atoms with Crippen molar-refractivity contribution in [1.82, 2.24) is 29.6 Å². The van der Waals surface area contributed by atoms with E-state index in [1.807, 2.05) is 35.1 Å². The second-order valence-corrected chi connectivity index (χ2v) is 28.7. The molecule has 1 unspecified atom stereocenters. The van der Waals surface area contributed by atoms with E-state index in [-0.39, 0.29) is 78.8 Å². The van der Waals surface area contributed by atoms with Crippen molar-refractivity contribution in [2.24, 2.45) is 5.41 Å². The third-order valence-corrected chi connectivity index (χ3v) is 21.1. The van der Waals surface area contributed by atoms with Crippen LogP contribution in [-0.2, 0) is 34.2 Å². The number of hydrogen-bond donors (Lipinski definition) is 4. The summed E-state index contributed by atoms with van der Waals surface area (Å²) in [6.07, 6.45) is 1.05. The monoisotopic (exact) mass is 1310 g/mol. The predicted octanol–water partition coefficient (Wildman–Crippen LogP) is 8.73. The highest BCUT2D eigenvalue weighted by Crippen LogP contribution is 2.43. The molecule has 4 aromatic rings. The van der Waals surface area contributed by atoms with Crippen molar-refractivity contribution in [3.05, 3.63) is 131 Å². The van der Waals surface area contributed by atoms with Crippen LogP contribution in [-0.4, -0.2) is 174 Å². The highest BCUT2D eigenvalue weighted by Gasteiger charge is 2.49. The molecule has 0 aromatic heterocycles. The first-order valence-electron chi connectivity index (χ1n) is 30.0. The highest BCUT2D eigenvalue weighted by atomic mass is 32.2. The number of amides is 6. The first-order valence-corrected chi connectivity index (χ1v) is 33.9. The van der Waals surface area contributed by atoms with E-state index < -0.39 is 88.9 Å². The molecule has 3 saturated heterocycles. The summed E-state index contributed by atoms with van der Waals surface area (Å²) in [4.78, 5) is 85.6. The van der Waals surface area contributed by atoms with Gasteiger partial charge in [-0.05, 0) is 123 Å². The van der Waals surface area contributed by atoms with E-state index >= 15 is 0 Å². The lowest BCUT2D eigenvalue weighted by Gasteiger charge is -2.39. The maximum atomic E-state index is 14.5. The van der Waals surface area contributed by atoms with Crippen LogP contribution in [0.5, 0.6) is 0 Å². The van der Waals surface area contributed by atoms with Crippen molar-refractivity contribution < 1.29 is 67.6 Å². The predicted molar refractivity (Wildman–Crippen MR) is 332 cm³/mol. The molecular weight excluding hydrogens is 1230 g/mol. The molecule has 4 aliphatic heterocycles. The second-order valence-electron chi connectivity index (χ2n) is 24.0. The van der Waals surface area contributed by atoms with Gasteiger partial charge in [0.2, 0.25) is 24.1 Å². The molecule has 4 aromatic carbocycles. The van der Waals surface area contributed by atoms with Gasteiger partial charge in [0.1, 0.15) is 10.9 Å². The van der Waals surface area contributed by atoms with Gasteiger partial charge in [-0.15, -0.1) is 11.8 Å². The minimum atomic E-state index is -6.20. The Labute approximate surface area is 525 Å². The van der Waals surface area contributed by atoms with Crippen LogP contribution >= 0.6 is 11.8 Å². The molecule has 484 valence electrons. The summed E-state index contributed by atoms with van der Waals surface area (Å²) in [5.74, 6) is -3.48. The van der Waals surface area contributed by atoms with Gasteiger partial charge in [0.25, 0.3) is 37.6 Å². The molecule has 27 heteroatoms. The number of thioether (sulfide) groups is 1. The maximum Gasteiger partial charge on any atom is 0.501 e. The Hall–Kier alpha value is -7.20. The quantitative estimate of drug-likeness (QED) is 0.0210. The third-order valence-electron chi connectivity index (χ3n) is 17.1. The van der Waals surface area contributed by atoms with E-state index in [4.69, 9.17) is 0 Å². The SMILES string of the molecule is C=C(CCC(F)F)C1=C(CN2CCN(c3ccc(C(=O)NS(=O)(=O)c4ccc(N[C@H](CCN5CCN(C(=O)CCCNc6cccc7c6C(=O)N(C6CCC(=O)NC6=O)C7=O)CC5)CSc5ccccc5)c(S(=O)(=O)C(F)(F)F)c4)cc3)CC2)CCC(C)(C)C1. The van der Waals surface area contributed by atoms with E-state index in [0.717, 1.165) is 58.0 Å². The van der Waals surface area contributed by atoms with Crippen LogP contribution in [0.1, 0.15) is 109 Å². The smallest absolute Gasteiger partial charge is 0.384 e. The van der Waals surface area contributed by atoms with Gasteiger partial charge in [0.05, 0.1) is 21.7 Å². The number of hydrogen-bond acceptors (Lipinski definition) is 16. The normalized spacial score (nSPS) is 19.0. The fraction of sp³-hybridized carbons (Fsp3) is 0.460. The Kier molecular flexibility index (Phi) is 21.3. The number of rotatable bonds is 25. The first-order chi connectivity index (χ1) is 42.7. The number of carbonyl (C=O) groups excluding carboxylic acids is 6. The Morgan fingerprint density at radius 2 is 1.50 bits per heavy atom. The number of fused-ring (bicyclic) bond motifs is 1. The van der Waals surface area contributed by atoms with Crippen molar-refractivity contribution in [2.45, 2.75) is 117 Å². The zero-order valence-electron chi connectivity index (χ0n) is 50.1. The number of allylic oxidation sites excluding steroid dienone is 2. The molecule has 2 atom stereocenters. The van der Waals surface area contributed by atoms with Crippen LogP contribution in [0, 0.1) is 5.41 Å².